The predicted octanol–water partition coefficient (Wildman–Crippen LogP) is 1.65. The van der Waals surface area contributed by atoms with Crippen LogP contribution in [0.15, 0.2) is 24.4 Å². The maximum Gasteiger partial charge on any atom is 0.229 e. The van der Waals surface area contributed by atoms with Crippen molar-refractivity contribution in [2.75, 3.05) is 19.6 Å². The van der Waals surface area contributed by atoms with E-state index in [4.69, 9.17) is 9.47 Å². The molecule has 0 spiro atoms. The van der Waals surface area contributed by atoms with E-state index < -0.39 is 30.7 Å². The van der Waals surface area contributed by atoms with Crippen molar-refractivity contribution in [3.05, 3.63) is 30.0 Å². The minimum atomic E-state index is -1.33. The van der Waals surface area contributed by atoms with E-state index in [1.54, 1.807) is 6.92 Å². The minimum Gasteiger partial charge on any atom is -0.461 e. The fraction of sp³-hybridized carbons (Fsp3) is 0.619. The van der Waals surface area contributed by atoms with Crippen LogP contribution in [0.5, 0.6) is 5.75 Å². The second-order valence-corrected chi connectivity index (χ2v) is 7.48. The number of hydrogen-bond acceptors (Lipinski definition) is 6. The van der Waals surface area contributed by atoms with Gasteiger partial charge in [0.15, 0.2) is 0 Å². The normalized spacial score (nSPS) is 28.2. The second-order valence-electron chi connectivity index (χ2n) is 7.48. The summed E-state index contributed by atoms with van der Waals surface area (Å²) in [6, 6.07) is 5.69. The number of aliphatic hydroxyl groups is 3. The van der Waals surface area contributed by atoms with Gasteiger partial charge in [0.25, 0.3) is 0 Å². The number of fused-ring (bicyclic) bond motifs is 1. The van der Waals surface area contributed by atoms with Gasteiger partial charge in [-0.15, -0.1) is 0 Å². The molecule has 3 rings (SSSR count). The number of nitrogens with zero attached hydrogens (tertiary/aromatic N) is 1. The third-order valence-corrected chi connectivity index (χ3v) is 5.49. The summed E-state index contributed by atoms with van der Waals surface area (Å²) in [5.41, 5.74) is 2.09. The van der Waals surface area contributed by atoms with Crippen LogP contribution >= 0.6 is 0 Å². The number of rotatable bonds is 8. The van der Waals surface area contributed by atoms with Crippen molar-refractivity contribution < 1.29 is 24.8 Å². The Balaban J connectivity index is 1.81. The van der Waals surface area contributed by atoms with Crippen molar-refractivity contribution in [2.45, 2.75) is 64.3 Å². The molecule has 4 N–H and O–H groups in total. The van der Waals surface area contributed by atoms with Gasteiger partial charge in [0.05, 0.1) is 6.10 Å². The van der Waals surface area contributed by atoms with E-state index in [2.05, 4.69) is 23.7 Å². The van der Waals surface area contributed by atoms with Crippen LogP contribution in [0.2, 0.25) is 0 Å². The number of benzene rings is 1. The summed E-state index contributed by atoms with van der Waals surface area (Å²) in [7, 11) is 0. The molecule has 7 nitrogen and oxygen atoms in total. The average Bonchev–Trinajstić information content (AvgIpc) is 3.11. The molecule has 28 heavy (non-hydrogen) atoms. The highest BCUT2D eigenvalue weighted by atomic mass is 16.7. The van der Waals surface area contributed by atoms with Crippen LogP contribution in [-0.2, 0) is 11.2 Å². The largest absolute Gasteiger partial charge is 0.461 e. The molecule has 1 aromatic heterocycles. The van der Waals surface area contributed by atoms with Gasteiger partial charge < -0.3 is 34.7 Å². The van der Waals surface area contributed by atoms with Crippen LogP contribution in [0.1, 0.15) is 32.8 Å². The number of ether oxygens (including phenoxy) is 2. The number of H-pyrrole nitrogens is 1. The Morgan fingerprint density at radius 1 is 1.11 bits per heavy atom. The molecule has 1 aromatic carbocycles. The van der Waals surface area contributed by atoms with Crippen LogP contribution < -0.4 is 4.74 Å². The molecule has 0 saturated carbocycles. The summed E-state index contributed by atoms with van der Waals surface area (Å²) >= 11 is 0. The van der Waals surface area contributed by atoms with Gasteiger partial charge in [0.1, 0.15) is 24.1 Å². The van der Waals surface area contributed by atoms with Crippen LogP contribution in [-0.4, -0.2) is 75.5 Å². The van der Waals surface area contributed by atoms with Crippen LogP contribution in [0, 0.1) is 0 Å². The zero-order valence-electron chi connectivity index (χ0n) is 16.8. The van der Waals surface area contributed by atoms with Crippen molar-refractivity contribution in [3.8, 4) is 5.75 Å². The van der Waals surface area contributed by atoms with Gasteiger partial charge in [-0.05, 0) is 50.6 Å². The highest BCUT2D eigenvalue weighted by Crippen LogP contribution is 2.32. The number of aromatic amines is 1. The van der Waals surface area contributed by atoms with Crippen LogP contribution in [0.4, 0.5) is 0 Å². The topological polar surface area (TPSA) is 98.2 Å². The van der Waals surface area contributed by atoms with E-state index in [9.17, 15) is 15.3 Å². The molecule has 2 heterocycles. The zero-order chi connectivity index (χ0) is 20.3. The lowest BCUT2D eigenvalue weighted by Crippen LogP contribution is -2.58. The van der Waals surface area contributed by atoms with Gasteiger partial charge in [-0.25, -0.2) is 0 Å². The quantitative estimate of drug-likeness (QED) is 0.545. The molecule has 1 aliphatic heterocycles. The van der Waals surface area contributed by atoms with E-state index in [-0.39, 0.29) is 0 Å². The first-order valence-corrected chi connectivity index (χ1v) is 10.1. The molecule has 0 amide bonds. The molecule has 0 aliphatic carbocycles. The number of aliphatic hydroxyl groups excluding tert-OH is 3. The molecule has 0 radical (unpaired) electrons. The van der Waals surface area contributed by atoms with Crippen LogP contribution in [0.3, 0.4) is 0 Å². The fourth-order valence-electron chi connectivity index (χ4n) is 3.77. The first kappa shape index (κ1) is 21.1. The molecule has 1 fully saturated rings. The average molecular weight is 392 g/mol. The maximum atomic E-state index is 10.3. The maximum absolute atomic E-state index is 10.3. The lowest BCUT2D eigenvalue weighted by atomic mass is 10.00. The fourth-order valence-corrected chi connectivity index (χ4v) is 3.77. The molecule has 5 atom stereocenters. The van der Waals surface area contributed by atoms with Gasteiger partial charge in [0, 0.05) is 23.6 Å². The molecule has 0 bridgehead atoms. The Hall–Kier alpha value is -1.64. The van der Waals surface area contributed by atoms with Crippen molar-refractivity contribution in [2.24, 2.45) is 0 Å². The Morgan fingerprint density at radius 2 is 1.89 bits per heavy atom. The van der Waals surface area contributed by atoms with Gasteiger partial charge in [-0.3, -0.25) is 0 Å². The summed E-state index contributed by atoms with van der Waals surface area (Å²) in [5, 5.41) is 31.1. The van der Waals surface area contributed by atoms with E-state index >= 15 is 0 Å². The lowest BCUT2D eigenvalue weighted by molar-refractivity contribution is -0.267. The summed E-state index contributed by atoms with van der Waals surface area (Å²) in [6.07, 6.45) is -1.48. The highest BCUT2D eigenvalue weighted by Gasteiger charge is 2.43. The predicted molar refractivity (Wildman–Crippen MR) is 107 cm³/mol. The standard InChI is InChI=1S/C21H32N2O5/c1-4-10-23(5-2)11-9-14-12-22-15-7-6-8-16(17(14)15)28-21-20(26)19(25)18(24)13(3)27-21/h6-8,12-13,18-22,24-26H,4-5,9-11H2,1-3H3. The summed E-state index contributed by atoms with van der Waals surface area (Å²) in [6.45, 7) is 9.04. The second kappa shape index (κ2) is 9.24. The van der Waals surface area contributed by atoms with Crippen molar-refractivity contribution in [1.29, 1.82) is 0 Å². The van der Waals surface area contributed by atoms with Crippen molar-refractivity contribution in [1.82, 2.24) is 9.88 Å². The Bertz CT molecular complexity index is 764. The number of nitrogens with one attached hydrogen (secondary N) is 1. The number of hydrogen-bond donors (Lipinski definition) is 4. The molecule has 7 heteroatoms. The van der Waals surface area contributed by atoms with E-state index in [0.717, 1.165) is 48.9 Å². The van der Waals surface area contributed by atoms with Gasteiger partial charge in [-0.2, -0.15) is 0 Å². The summed E-state index contributed by atoms with van der Waals surface area (Å²) < 4.78 is 11.6. The van der Waals surface area contributed by atoms with E-state index in [1.165, 1.54) is 0 Å². The molecule has 2 aromatic rings. The number of aromatic nitrogens is 1. The van der Waals surface area contributed by atoms with Gasteiger partial charge in [-0.1, -0.05) is 19.9 Å². The number of likely N-dealkylation sites (N-methyl/N-ethyl adjacent to an activating group) is 1. The minimum absolute atomic E-state index is 0.590. The van der Waals surface area contributed by atoms with Crippen LogP contribution in [0.25, 0.3) is 10.9 Å². The molecule has 5 unspecified atom stereocenters. The Morgan fingerprint density at radius 3 is 2.61 bits per heavy atom. The van der Waals surface area contributed by atoms with Gasteiger partial charge >= 0.3 is 0 Å². The molecular weight excluding hydrogens is 360 g/mol. The summed E-state index contributed by atoms with van der Waals surface area (Å²) in [5.74, 6) is 0.590. The Labute approximate surface area is 165 Å². The van der Waals surface area contributed by atoms with E-state index in [0.29, 0.717) is 5.75 Å². The first-order chi connectivity index (χ1) is 13.5. The van der Waals surface area contributed by atoms with E-state index in [1.807, 2.05) is 24.4 Å². The first-order valence-electron chi connectivity index (χ1n) is 10.1. The smallest absolute Gasteiger partial charge is 0.229 e. The Kier molecular flexibility index (Phi) is 6.95. The highest BCUT2D eigenvalue weighted by molar-refractivity contribution is 5.89. The third-order valence-electron chi connectivity index (χ3n) is 5.49. The SMILES string of the molecule is CCCN(CC)CCc1c[nH]c2cccc(OC3OC(C)C(O)C(O)C3O)c12. The molecule has 1 saturated heterocycles. The van der Waals surface area contributed by atoms with Crippen molar-refractivity contribution in [3.63, 3.8) is 0 Å². The third kappa shape index (κ3) is 4.34. The zero-order valence-corrected chi connectivity index (χ0v) is 16.8. The van der Waals surface area contributed by atoms with Gasteiger partial charge in [0.2, 0.25) is 6.29 Å². The summed E-state index contributed by atoms with van der Waals surface area (Å²) in [4.78, 5) is 5.70. The molecule has 1 aliphatic rings. The molecule has 156 valence electrons. The lowest BCUT2D eigenvalue weighted by Gasteiger charge is -2.39. The van der Waals surface area contributed by atoms with Crippen molar-refractivity contribution >= 4 is 10.9 Å². The monoisotopic (exact) mass is 392 g/mol. The molecular formula is C21H32N2O5.